The molecule has 4 nitrogen and oxygen atoms in total. The molecule has 0 spiro atoms. The van der Waals surface area contributed by atoms with E-state index in [1.165, 1.54) is 0 Å². The number of aryl methyl sites for hydroxylation is 1. The minimum Gasteiger partial charge on any atom is -0.462 e. The monoisotopic (exact) mass is 285 g/mol. The van der Waals surface area contributed by atoms with Gasteiger partial charge in [-0.1, -0.05) is 25.1 Å². The van der Waals surface area contributed by atoms with Crippen molar-refractivity contribution in [3.8, 4) is 0 Å². The molecule has 0 radical (unpaired) electrons. The lowest BCUT2D eigenvalue weighted by Crippen LogP contribution is -2.36. The lowest BCUT2D eigenvalue weighted by molar-refractivity contribution is -0.145. The largest absolute Gasteiger partial charge is 0.462 e. The summed E-state index contributed by atoms with van der Waals surface area (Å²) >= 11 is 0. The first-order valence-corrected chi connectivity index (χ1v) is 7.78. The highest BCUT2D eigenvalue weighted by molar-refractivity contribution is 5.97. The molecular formula is C17H19NO3. The van der Waals surface area contributed by atoms with Gasteiger partial charge in [-0.15, -0.1) is 0 Å². The maximum Gasteiger partial charge on any atom is 0.310 e. The zero-order valence-electron chi connectivity index (χ0n) is 12.0. The Hall–Kier alpha value is -1.84. The van der Waals surface area contributed by atoms with Crippen LogP contribution in [0.4, 0.5) is 5.69 Å². The highest BCUT2D eigenvalue weighted by Gasteiger charge is 2.63. The van der Waals surface area contributed by atoms with Gasteiger partial charge in [0.2, 0.25) is 5.91 Å². The lowest BCUT2D eigenvalue weighted by atomic mass is 9.79. The molecule has 1 heterocycles. The Labute approximate surface area is 123 Å². The lowest BCUT2D eigenvalue weighted by Gasteiger charge is -2.24. The summed E-state index contributed by atoms with van der Waals surface area (Å²) in [6.07, 6.45) is 2.79. The van der Waals surface area contributed by atoms with Crippen LogP contribution in [0.1, 0.15) is 25.3 Å². The van der Waals surface area contributed by atoms with Gasteiger partial charge in [-0.25, -0.2) is 0 Å². The van der Waals surface area contributed by atoms with Gasteiger partial charge >= 0.3 is 5.97 Å². The number of rotatable bonds is 3. The number of ether oxygens (including phenoxy) is 1. The third-order valence-electron chi connectivity index (χ3n) is 5.44. The molecule has 1 aromatic rings. The summed E-state index contributed by atoms with van der Waals surface area (Å²) in [5.41, 5.74) is 2.00. The number of fused-ring (bicyclic) bond motifs is 1. The SMILES string of the molecule is CCc1ccccc1NC(=O)[C@@H]1[C@@H]2C[C@@H]3[C@@H]1C(=O)O[C@@H]3C2. The van der Waals surface area contributed by atoms with Crippen LogP contribution >= 0.6 is 0 Å². The van der Waals surface area contributed by atoms with Gasteiger partial charge in [0, 0.05) is 11.6 Å². The summed E-state index contributed by atoms with van der Waals surface area (Å²) in [7, 11) is 0. The van der Waals surface area contributed by atoms with E-state index < -0.39 is 0 Å². The van der Waals surface area contributed by atoms with Crippen molar-refractivity contribution in [2.45, 2.75) is 32.3 Å². The van der Waals surface area contributed by atoms with Crippen molar-refractivity contribution in [2.75, 3.05) is 5.32 Å². The molecule has 3 fully saturated rings. The first kappa shape index (κ1) is 12.9. The summed E-state index contributed by atoms with van der Waals surface area (Å²) < 4.78 is 5.40. The van der Waals surface area contributed by atoms with Gasteiger partial charge in [-0.2, -0.15) is 0 Å². The summed E-state index contributed by atoms with van der Waals surface area (Å²) in [5, 5.41) is 3.04. The third-order valence-corrected chi connectivity index (χ3v) is 5.44. The Balaban J connectivity index is 1.57. The van der Waals surface area contributed by atoms with Crippen LogP contribution in [0.5, 0.6) is 0 Å². The van der Waals surface area contributed by atoms with Crippen LogP contribution in [0.15, 0.2) is 24.3 Å². The molecule has 110 valence electrons. The molecule has 1 aliphatic heterocycles. The van der Waals surface area contributed by atoms with Gasteiger partial charge in [0.05, 0.1) is 11.8 Å². The highest BCUT2D eigenvalue weighted by Crippen LogP contribution is 2.57. The van der Waals surface area contributed by atoms with Crippen molar-refractivity contribution in [1.82, 2.24) is 0 Å². The molecule has 5 atom stereocenters. The maximum atomic E-state index is 12.7. The van der Waals surface area contributed by atoms with Crippen molar-refractivity contribution >= 4 is 17.6 Å². The number of carbonyl (C=O) groups is 2. The van der Waals surface area contributed by atoms with Gasteiger partial charge in [-0.05, 0) is 36.8 Å². The van der Waals surface area contributed by atoms with Gasteiger partial charge in [0.15, 0.2) is 0 Å². The fourth-order valence-electron chi connectivity index (χ4n) is 4.53. The van der Waals surface area contributed by atoms with Crippen molar-refractivity contribution < 1.29 is 14.3 Å². The molecule has 2 saturated carbocycles. The number of amides is 1. The Bertz CT molecular complexity index is 610. The minimum absolute atomic E-state index is 0.00861. The average molecular weight is 285 g/mol. The van der Waals surface area contributed by atoms with E-state index in [0.29, 0.717) is 5.92 Å². The predicted octanol–water partition coefficient (Wildman–Crippen LogP) is 2.39. The number of esters is 1. The molecule has 1 aromatic carbocycles. The average Bonchev–Trinajstić information content (AvgIpc) is 3.09. The molecular weight excluding hydrogens is 266 g/mol. The van der Waals surface area contributed by atoms with E-state index in [1.54, 1.807) is 0 Å². The fourth-order valence-corrected chi connectivity index (χ4v) is 4.53. The zero-order valence-corrected chi connectivity index (χ0v) is 12.0. The third kappa shape index (κ3) is 1.81. The maximum absolute atomic E-state index is 12.7. The summed E-state index contributed by atoms with van der Waals surface area (Å²) in [6, 6.07) is 7.86. The van der Waals surface area contributed by atoms with E-state index in [1.807, 2.05) is 24.3 Å². The second-order valence-electron chi connectivity index (χ2n) is 6.42. The van der Waals surface area contributed by atoms with Gasteiger partial charge in [0.1, 0.15) is 6.10 Å². The van der Waals surface area contributed by atoms with Crippen molar-refractivity contribution in [1.29, 1.82) is 0 Å². The van der Waals surface area contributed by atoms with E-state index in [2.05, 4.69) is 12.2 Å². The Morgan fingerprint density at radius 2 is 2.14 bits per heavy atom. The van der Waals surface area contributed by atoms with Crippen LogP contribution in [0.25, 0.3) is 0 Å². The zero-order chi connectivity index (χ0) is 14.6. The van der Waals surface area contributed by atoms with E-state index in [0.717, 1.165) is 30.5 Å². The summed E-state index contributed by atoms with van der Waals surface area (Å²) in [4.78, 5) is 24.7. The molecule has 2 aliphatic carbocycles. The number of nitrogens with one attached hydrogen (secondary N) is 1. The van der Waals surface area contributed by atoms with Crippen LogP contribution in [-0.2, 0) is 20.7 Å². The van der Waals surface area contributed by atoms with Crippen LogP contribution < -0.4 is 5.32 Å². The van der Waals surface area contributed by atoms with Crippen LogP contribution in [-0.4, -0.2) is 18.0 Å². The normalized spacial score (nSPS) is 35.9. The molecule has 1 N–H and O–H groups in total. The number of hydrogen-bond donors (Lipinski definition) is 1. The molecule has 0 aromatic heterocycles. The standard InChI is InChI=1S/C17H19NO3/c1-2-9-5-3-4-6-12(9)18-16(19)14-10-7-11-13(8-10)21-17(20)15(11)14/h3-6,10-11,13-15H,2,7-8H2,1H3,(H,18,19)/t10-,11+,13-,14-,15+/m1/s1. The molecule has 4 heteroatoms. The molecule has 3 aliphatic rings. The van der Waals surface area contributed by atoms with Crippen LogP contribution in [0.2, 0.25) is 0 Å². The van der Waals surface area contributed by atoms with Crippen LogP contribution in [0.3, 0.4) is 0 Å². The highest BCUT2D eigenvalue weighted by atomic mass is 16.6. The van der Waals surface area contributed by atoms with Crippen molar-refractivity contribution in [3.05, 3.63) is 29.8 Å². The van der Waals surface area contributed by atoms with Crippen molar-refractivity contribution in [3.63, 3.8) is 0 Å². The number of carbonyl (C=O) groups excluding carboxylic acids is 2. The first-order valence-electron chi connectivity index (χ1n) is 7.78. The van der Waals surface area contributed by atoms with Crippen molar-refractivity contribution in [2.24, 2.45) is 23.7 Å². The first-order chi connectivity index (χ1) is 10.2. The topological polar surface area (TPSA) is 55.4 Å². The molecule has 4 rings (SSSR count). The van der Waals surface area contributed by atoms with E-state index in [-0.39, 0.29) is 35.7 Å². The van der Waals surface area contributed by atoms with Gasteiger partial charge in [-0.3, -0.25) is 9.59 Å². The second kappa shape index (κ2) is 4.58. The summed E-state index contributed by atoms with van der Waals surface area (Å²) in [5.74, 6) is 0.0123. The molecule has 2 bridgehead atoms. The predicted molar refractivity (Wildman–Crippen MR) is 77.5 cm³/mol. The van der Waals surface area contributed by atoms with E-state index in [4.69, 9.17) is 4.74 Å². The fraction of sp³-hybridized carbons (Fsp3) is 0.529. The smallest absolute Gasteiger partial charge is 0.310 e. The minimum atomic E-state index is -0.206. The molecule has 21 heavy (non-hydrogen) atoms. The quantitative estimate of drug-likeness (QED) is 0.868. The van der Waals surface area contributed by atoms with Gasteiger partial charge < -0.3 is 10.1 Å². The second-order valence-corrected chi connectivity index (χ2v) is 6.42. The number of anilines is 1. The Kier molecular flexibility index (Phi) is 2.81. The van der Waals surface area contributed by atoms with Gasteiger partial charge in [0.25, 0.3) is 0 Å². The molecule has 1 saturated heterocycles. The van der Waals surface area contributed by atoms with E-state index >= 15 is 0 Å². The number of benzene rings is 1. The Morgan fingerprint density at radius 3 is 2.95 bits per heavy atom. The van der Waals surface area contributed by atoms with E-state index in [9.17, 15) is 9.59 Å². The van der Waals surface area contributed by atoms with Crippen LogP contribution in [0, 0.1) is 23.7 Å². The Morgan fingerprint density at radius 1 is 1.33 bits per heavy atom. The summed E-state index contributed by atoms with van der Waals surface area (Å²) in [6.45, 7) is 2.07. The molecule has 1 amide bonds. The number of hydrogen-bond acceptors (Lipinski definition) is 3. The molecule has 0 unspecified atom stereocenters. The number of para-hydroxylation sites is 1.